The van der Waals surface area contributed by atoms with E-state index < -0.39 is 125 Å². The summed E-state index contributed by atoms with van der Waals surface area (Å²) in [5.74, 6) is -7.03. The van der Waals surface area contributed by atoms with Crippen molar-refractivity contribution in [2.75, 3.05) is 83.1 Å². The number of hydrogen-bond acceptors (Lipinski definition) is 20. The topological polar surface area (TPSA) is 273 Å². The van der Waals surface area contributed by atoms with E-state index in [1.54, 1.807) is 22.1 Å². The van der Waals surface area contributed by atoms with Gasteiger partial charge in [0.1, 0.15) is 41.3 Å². The lowest BCUT2D eigenvalue weighted by atomic mass is 9.46. The number of piperazine rings is 2. The molecule has 4 N–H and O–H groups in total. The highest BCUT2D eigenvalue weighted by Crippen LogP contribution is 2.67. The van der Waals surface area contributed by atoms with E-state index in [4.69, 9.17) is 28.4 Å². The van der Waals surface area contributed by atoms with E-state index in [2.05, 4.69) is 10.6 Å². The van der Waals surface area contributed by atoms with E-state index in [1.807, 2.05) is 36.6 Å². The van der Waals surface area contributed by atoms with E-state index >= 15 is 8.78 Å². The summed E-state index contributed by atoms with van der Waals surface area (Å²) in [6.45, 7) is 8.22. The number of methoxy groups -OCH3 is 2. The molecule has 90 heavy (non-hydrogen) atoms. The number of fused-ring (bicyclic) bond motifs is 7. The van der Waals surface area contributed by atoms with Crippen LogP contribution in [0.3, 0.4) is 0 Å². The van der Waals surface area contributed by atoms with Crippen molar-refractivity contribution >= 4 is 68.6 Å². The highest BCUT2D eigenvalue weighted by molar-refractivity contribution is 6.02. The van der Waals surface area contributed by atoms with Crippen molar-refractivity contribution in [3.05, 3.63) is 91.5 Å². The number of aromatic nitrogens is 2. The molecule has 24 heteroatoms. The van der Waals surface area contributed by atoms with Crippen molar-refractivity contribution in [3.63, 3.8) is 0 Å². The molecule has 4 aromatic rings. The van der Waals surface area contributed by atoms with Gasteiger partial charge < -0.3 is 68.2 Å². The van der Waals surface area contributed by atoms with Crippen LogP contribution in [0.15, 0.2) is 57.9 Å². The van der Waals surface area contributed by atoms with Crippen molar-refractivity contribution in [2.24, 2.45) is 28.6 Å². The second kappa shape index (κ2) is 24.3. The fourth-order valence-electron chi connectivity index (χ4n) is 15.9. The minimum Gasteiger partial charge on any atom is -0.492 e. The molecule has 4 heterocycles. The Kier molecular flexibility index (Phi) is 16.9. The fraction of sp³-hybridized carbons (Fsp3) is 0.576. The summed E-state index contributed by atoms with van der Waals surface area (Å²) in [7, 11) is 2.77. The Morgan fingerprint density at radius 2 is 1.26 bits per heavy atom. The number of aliphatic hydroxyl groups is 2. The SMILES string of the molecule is COc1c(N2CCNC(C)C2)c(F)cc2c(=O)c(C(=O)OCC(COC(=O)c3cn(C4CC4)c4c(OC)c(N5CCNC(C)C5)c(F)cc4c3=O)OC(=O)CCC(=O)OCC(=O)[C@@]3(O)CC[C@H]4[C@@H]5CCC6=CC(=O)C=C[C@]6(C)[C@H]5[C@@H](O)C[C@@]43C)cn(C3CC3)c12. The van der Waals surface area contributed by atoms with Gasteiger partial charge in [0.25, 0.3) is 0 Å². The lowest BCUT2D eigenvalue weighted by Gasteiger charge is -2.59. The molecule has 7 fully saturated rings. The predicted molar refractivity (Wildman–Crippen MR) is 324 cm³/mol. The standard InChI is InChI=1S/C66H78F2N6O16/c1-34-27-71(21-19-69-34)56-47(67)24-42-54(60(56)85-5)73(37-8-9-37)29-44(58(42)80)62(82)88-31-40(32-89-63(83)45-30-74(38-10-11-38)55-43(59(45)81)25-48(68)57(61(55)86-6)72-22-20-70-35(2)28-72)90-52(79)14-13-51(78)87-33-50(77)66(84)18-16-46-41-12-7-36-23-39(75)15-17-64(36,3)53(41)49(76)26-65(46,66)4/h15,17,23-25,29-30,34-35,37-38,40-41,46,49,53,69-70,76,84H,7-14,16,18-22,26-28,31-33H2,1-6H3/t34?,35?,40?,41-,46-,49-,53+,64-,65-,66-/m0/s1. The zero-order valence-corrected chi connectivity index (χ0v) is 51.5. The van der Waals surface area contributed by atoms with Crippen LogP contribution in [-0.2, 0) is 38.1 Å². The first-order valence-corrected chi connectivity index (χ1v) is 31.4. The number of carbonyl (C=O) groups excluding carboxylic acids is 6. The molecule has 2 unspecified atom stereocenters. The van der Waals surface area contributed by atoms with Crippen molar-refractivity contribution in [1.29, 1.82) is 0 Å². The summed E-state index contributed by atoms with van der Waals surface area (Å²) in [5, 5.41) is 30.4. The number of carbonyl (C=O) groups is 6. The first-order chi connectivity index (χ1) is 43.0. The van der Waals surface area contributed by atoms with Crippen LogP contribution in [0, 0.1) is 40.2 Å². The summed E-state index contributed by atoms with van der Waals surface area (Å²) in [4.78, 5) is 114. The van der Waals surface area contributed by atoms with Gasteiger partial charge in [-0.3, -0.25) is 28.8 Å². The van der Waals surface area contributed by atoms with Crippen LogP contribution in [0.25, 0.3) is 21.8 Å². The van der Waals surface area contributed by atoms with Crippen molar-refractivity contribution < 1.29 is 76.2 Å². The number of halogens is 2. The van der Waals surface area contributed by atoms with Crippen LogP contribution in [0.5, 0.6) is 11.5 Å². The normalized spacial score (nSPS) is 28.3. The number of nitrogens with one attached hydrogen (secondary N) is 2. The number of rotatable bonds is 19. The Balaban J connectivity index is 0.764. The zero-order valence-electron chi connectivity index (χ0n) is 51.5. The number of aliphatic hydroxyl groups excluding tert-OH is 1. The number of ether oxygens (including phenoxy) is 6. The van der Waals surface area contributed by atoms with Crippen LogP contribution >= 0.6 is 0 Å². The third-order valence-corrected chi connectivity index (χ3v) is 20.6. The Hall–Kier alpha value is -7.54. The lowest BCUT2D eigenvalue weighted by molar-refractivity contribution is -0.181. The van der Waals surface area contributed by atoms with Gasteiger partial charge in [-0.15, -0.1) is 0 Å². The predicted octanol–water partition coefficient (Wildman–Crippen LogP) is 5.71. The Bertz CT molecular complexity index is 3650. The largest absolute Gasteiger partial charge is 0.492 e. The summed E-state index contributed by atoms with van der Waals surface area (Å²) in [6.07, 6.45) is 8.49. The fourth-order valence-corrected chi connectivity index (χ4v) is 15.9. The van der Waals surface area contributed by atoms with E-state index in [-0.39, 0.29) is 94.2 Å². The monoisotopic (exact) mass is 1250 g/mol. The first kappa shape index (κ1) is 62.6. The molecule has 9 atom stereocenters. The number of ketones is 2. The van der Waals surface area contributed by atoms with Gasteiger partial charge in [0.05, 0.1) is 55.0 Å². The third kappa shape index (κ3) is 11.1. The van der Waals surface area contributed by atoms with Gasteiger partial charge in [0, 0.05) is 92.6 Å². The second-order valence-electron chi connectivity index (χ2n) is 26.4. The smallest absolute Gasteiger partial charge is 0.343 e. The molecule has 0 amide bonds. The average molecular weight is 1250 g/mol. The molecular formula is C66H78F2N6O16. The summed E-state index contributed by atoms with van der Waals surface area (Å²) in [5.41, 5.74) is -4.42. The molecule has 0 spiro atoms. The Labute approximate surface area is 517 Å². The molecule has 12 rings (SSSR count). The second-order valence-corrected chi connectivity index (χ2v) is 26.4. The summed E-state index contributed by atoms with van der Waals surface area (Å²) >= 11 is 0. The molecule has 5 saturated carbocycles. The molecular weight excluding hydrogens is 1170 g/mol. The molecule has 2 aromatic carbocycles. The Morgan fingerprint density at radius 3 is 1.76 bits per heavy atom. The minimum absolute atomic E-state index is 0.0294. The van der Waals surface area contributed by atoms with Crippen molar-refractivity contribution in [3.8, 4) is 11.5 Å². The summed E-state index contributed by atoms with van der Waals surface area (Å²) < 4.78 is 70.2. The number of pyridine rings is 2. The van der Waals surface area contributed by atoms with Gasteiger partial charge in [-0.2, -0.15) is 0 Å². The number of anilines is 2. The summed E-state index contributed by atoms with van der Waals surface area (Å²) in [6, 6.07) is 1.86. The van der Waals surface area contributed by atoms with Gasteiger partial charge in [-0.1, -0.05) is 25.5 Å². The van der Waals surface area contributed by atoms with Gasteiger partial charge >= 0.3 is 23.9 Å². The highest BCUT2D eigenvalue weighted by atomic mass is 19.1. The third-order valence-electron chi connectivity index (χ3n) is 20.6. The van der Waals surface area contributed by atoms with Crippen LogP contribution in [0.4, 0.5) is 20.2 Å². The van der Waals surface area contributed by atoms with E-state index in [9.17, 15) is 48.6 Å². The number of allylic oxidation sites excluding steroid dienone is 4. The lowest BCUT2D eigenvalue weighted by Crippen LogP contribution is -2.61. The van der Waals surface area contributed by atoms with E-state index in [1.165, 1.54) is 32.7 Å². The van der Waals surface area contributed by atoms with Gasteiger partial charge in [0.15, 0.2) is 41.6 Å². The van der Waals surface area contributed by atoms with Crippen LogP contribution in [-0.4, -0.2) is 158 Å². The van der Waals surface area contributed by atoms with Crippen molar-refractivity contribution in [1.82, 2.24) is 19.8 Å². The number of nitrogens with zero attached hydrogens (tertiary/aromatic N) is 4. The molecule has 8 aliphatic rings. The molecule has 2 saturated heterocycles. The van der Waals surface area contributed by atoms with E-state index in [0.717, 1.165) is 17.7 Å². The molecule has 482 valence electrons. The van der Waals surface area contributed by atoms with Crippen LogP contribution in [0.2, 0.25) is 0 Å². The van der Waals surface area contributed by atoms with Gasteiger partial charge in [0.2, 0.25) is 16.6 Å². The quantitative estimate of drug-likeness (QED) is 0.0647. The molecule has 0 bridgehead atoms. The molecule has 6 aliphatic carbocycles. The number of benzene rings is 2. The maximum Gasteiger partial charge on any atom is 0.343 e. The Morgan fingerprint density at radius 1 is 0.733 bits per heavy atom. The zero-order chi connectivity index (χ0) is 63.9. The van der Waals surface area contributed by atoms with Crippen molar-refractivity contribution in [2.45, 2.75) is 140 Å². The molecule has 0 radical (unpaired) electrons. The maximum absolute atomic E-state index is 16.3. The number of hydrogen-bond donors (Lipinski definition) is 4. The van der Waals surface area contributed by atoms with Crippen LogP contribution < -0.4 is 40.8 Å². The molecule has 2 aromatic heterocycles. The number of esters is 4. The molecule has 22 nitrogen and oxygen atoms in total. The average Bonchev–Trinajstić information content (AvgIpc) is 1.17. The van der Waals surface area contributed by atoms with Crippen LogP contribution in [0.1, 0.15) is 131 Å². The maximum atomic E-state index is 16.3. The highest BCUT2D eigenvalue weighted by Gasteiger charge is 2.68. The van der Waals surface area contributed by atoms with E-state index in [0.29, 0.717) is 95.2 Å². The van der Waals surface area contributed by atoms with Gasteiger partial charge in [-0.25, -0.2) is 18.4 Å². The number of Topliss-reactive ketones (excluding diaryl/α,β-unsaturated/α-hetero) is 1. The molecule has 2 aliphatic heterocycles. The van der Waals surface area contributed by atoms with Gasteiger partial charge in [-0.05, 0) is 108 Å². The minimum atomic E-state index is -1.96. The first-order valence-electron chi connectivity index (χ1n) is 31.4.